The maximum atomic E-state index is 12.1. The van der Waals surface area contributed by atoms with Crippen LogP contribution in [0.25, 0.3) is 0 Å². The van der Waals surface area contributed by atoms with E-state index < -0.39 is 18.1 Å². The fourth-order valence-electron chi connectivity index (χ4n) is 2.93. The molecule has 0 bridgehead atoms. The SMILES string of the molecule is O=C(COC(=O)c1ccc[nH]c1=O)N[C@@H]1CCCc2ccccc21. The van der Waals surface area contributed by atoms with Gasteiger partial charge in [0.2, 0.25) is 0 Å². The van der Waals surface area contributed by atoms with Gasteiger partial charge >= 0.3 is 5.97 Å². The van der Waals surface area contributed by atoms with Gasteiger partial charge in [-0.1, -0.05) is 24.3 Å². The van der Waals surface area contributed by atoms with Gasteiger partial charge in [0.1, 0.15) is 5.56 Å². The molecule has 1 aromatic carbocycles. The van der Waals surface area contributed by atoms with Crippen LogP contribution in [-0.4, -0.2) is 23.5 Å². The number of hydrogen-bond acceptors (Lipinski definition) is 4. The van der Waals surface area contributed by atoms with E-state index in [9.17, 15) is 14.4 Å². The molecule has 2 aromatic rings. The number of amides is 1. The number of aromatic amines is 1. The van der Waals surface area contributed by atoms with E-state index in [4.69, 9.17) is 4.74 Å². The second-order valence-electron chi connectivity index (χ2n) is 5.70. The van der Waals surface area contributed by atoms with E-state index in [-0.39, 0.29) is 17.5 Å². The van der Waals surface area contributed by atoms with Crippen molar-refractivity contribution < 1.29 is 14.3 Å². The highest BCUT2D eigenvalue weighted by Gasteiger charge is 2.22. The number of aryl methyl sites for hydroxylation is 1. The molecule has 1 amide bonds. The first-order chi connectivity index (χ1) is 11.6. The third-order valence-electron chi connectivity index (χ3n) is 4.08. The quantitative estimate of drug-likeness (QED) is 0.838. The average molecular weight is 326 g/mol. The van der Waals surface area contributed by atoms with Gasteiger partial charge in [-0.05, 0) is 42.5 Å². The molecule has 0 saturated heterocycles. The van der Waals surface area contributed by atoms with E-state index in [1.54, 1.807) is 0 Å². The monoisotopic (exact) mass is 326 g/mol. The van der Waals surface area contributed by atoms with Gasteiger partial charge in [0.15, 0.2) is 6.61 Å². The highest BCUT2D eigenvalue weighted by Crippen LogP contribution is 2.29. The van der Waals surface area contributed by atoms with Crippen molar-refractivity contribution in [2.75, 3.05) is 6.61 Å². The number of pyridine rings is 1. The smallest absolute Gasteiger partial charge is 0.344 e. The van der Waals surface area contributed by atoms with Crippen molar-refractivity contribution in [2.24, 2.45) is 0 Å². The summed E-state index contributed by atoms with van der Waals surface area (Å²) in [6.07, 6.45) is 4.29. The fraction of sp³-hybridized carbons (Fsp3) is 0.278. The molecule has 1 aromatic heterocycles. The summed E-state index contributed by atoms with van der Waals surface area (Å²) in [5.41, 5.74) is 1.70. The summed E-state index contributed by atoms with van der Waals surface area (Å²) in [5, 5.41) is 2.89. The molecule has 124 valence electrons. The molecule has 0 radical (unpaired) electrons. The van der Waals surface area contributed by atoms with Crippen molar-refractivity contribution in [2.45, 2.75) is 25.3 Å². The predicted molar refractivity (Wildman–Crippen MR) is 87.6 cm³/mol. The molecule has 0 saturated carbocycles. The summed E-state index contributed by atoms with van der Waals surface area (Å²) in [5.74, 6) is -1.19. The number of ether oxygens (including phenoxy) is 1. The largest absolute Gasteiger partial charge is 0.452 e. The summed E-state index contributed by atoms with van der Waals surface area (Å²) in [6, 6.07) is 10.8. The van der Waals surface area contributed by atoms with Crippen LogP contribution in [0.15, 0.2) is 47.4 Å². The Labute approximate surface area is 138 Å². The lowest BCUT2D eigenvalue weighted by Crippen LogP contribution is -2.34. The number of rotatable bonds is 4. The van der Waals surface area contributed by atoms with E-state index in [1.807, 2.05) is 18.2 Å². The van der Waals surface area contributed by atoms with Crippen LogP contribution < -0.4 is 10.9 Å². The summed E-state index contributed by atoms with van der Waals surface area (Å²) < 4.78 is 4.93. The van der Waals surface area contributed by atoms with Gasteiger partial charge in [-0.2, -0.15) is 0 Å². The van der Waals surface area contributed by atoms with Crippen LogP contribution in [0.3, 0.4) is 0 Å². The highest BCUT2D eigenvalue weighted by atomic mass is 16.5. The number of carbonyl (C=O) groups excluding carboxylic acids is 2. The van der Waals surface area contributed by atoms with E-state index in [0.29, 0.717) is 0 Å². The molecule has 0 aliphatic heterocycles. The minimum Gasteiger partial charge on any atom is -0.452 e. The standard InChI is InChI=1S/C18H18N2O4/c21-16(11-24-18(23)14-8-4-10-19-17(14)22)20-15-9-3-6-12-5-1-2-7-13(12)15/h1-2,4-5,7-8,10,15H,3,6,9,11H2,(H,19,22)(H,20,21)/t15-/m1/s1. The Morgan fingerprint density at radius 1 is 1.21 bits per heavy atom. The maximum Gasteiger partial charge on any atom is 0.344 e. The number of fused-ring (bicyclic) bond motifs is 1. The molecule has 1 atom stereocenters. The van der Waals surface area contributed by atoms with Crippen LogP contribution in [0.5, 0.6) is 0 Å². The minimum absolute atomic E-state index is 0.0683. The fourth-order valence-corrected chi connectivity index (χ4v) is 2.93. The Kier molecular flexibility index (Phi) is 4.74. The first kappa shape index (κ1) is 16.0. The van der Waals surface area contributed by atoms with Crippen molar-refractivity contribution >= 4 is 11.9 Å². The molecule has 6 heteroatoms. The number of H-pyrrole nitrogens is 1. The van der Waals surface area contributed by atoms with Crippen LogP contribution in [0.4, 0.5) is 0 Å². The van der Waals surface area contributed by atoms with E-state index in [1.165, 1.54) is 23.9 Å². The van der Waals surface area contributed by atoms with Crippen molar-refractivity contribution in [1.82, 2.24) is 10.3 Å². The Hall–Kier alpha value is -2.89. The van der Waals surface area contributed by atoms with Gasteiger partial charge < -0.3 is 15.0 Å². The van der Waals surface area contributed by atoms with Crippen LogP contribution in [-0.2, 0) is 16.0 Å². The molecule has 0 fully saturated rings. The third-order valence-corrected chi connectivity index (χ3v) is 4.08. The first-order valence-electron chi connectivity index (χ1n) is 7.87. The Morgan fingerprint density at radius 2 is 2.04 bits per heavy atom. The topological polar surface area (TPSA) is 88.3 Å². The lowest BCUT2D eigenvalue weighted by Gasteiger charge is -2.26. The molecule has 24 heavy (non-hydrogen) atoms. The summed E-state index contributed by atoms with van der Waals surface area (Å²) in [7, 11) is 0. The van der Waals surface area contributed by atoms with Gasteiger partial charge in [0.25, 0.3) is 11.5 Å². The normalized spacial score (nSPS) is 16.1. The Bertz CT molecular complexity index is 812. The summed E-state index contributed by atoms with van der Waals surface area (Å²) in [4.78, 5) is 37.8. The second-order valence-corrected chi connectivity index (χ2v) is 5.70. The number of hydrogen-bond donors (Lipinski definition) is 2. The number of aromatic nitrogens is 1. The van der Waals surface area contributed by atoms with Crippen molar-refractivity contribution in [1.29, 1.82) is 0 Å². The summed E-state index contributed by atoms with van der Waals surface area (Å²) >= 11 is 0. The molecule has 1 aliphatic rings. The molecule has 1 aliphatic carbocycles. The zero-order valence-corrected chi connectivity index (χ0v) is 13.1. The third kappa shape index (κ3) is 3.53. The second kappa shape index (κ2) is 7.12. The number of benzene rings is 1. The van der Waals surface area contributed by atoms with Gasteiger partial charge in [0.05, 0.1) is 6.04 Å². The van der Waals surface area contributed by atoms with Gasteiger partial charge in [0, 0.05) is 6.20 Å². The highest BCUT2D eigenvalue weighted by molar-refractivity contribution is 5.90. The minimum atomic E-state index is -0.809. The van der Waals surface area contributed by atoms with E-state index in [2.05, 4.69) is 16.4 Å². The molecular formula is C18H18N2O4. The maximum absolute atomic E-state index is 12.1. The van der Waals surface area contributed by atoms with Crippen LogP contribution >= 0.6 is 0 Å². The molecular weight excluding hydrogens is 308 g/mol. The molecule has 0 unspecified atom stereocenters. The van der Waals surface area contributed by atoms with E-state index in [0.717, 1.165) is 24.8 Å². The van der Waals surface area contributed by atoms with Gasteiger partial charge in [-0.25, -0.2) is 4.79 Å². The van der Waals surface area contributed by atoms with Crippen LogP contribution in [0.1, 0.15) is 40.4 Å². The van der Waals surface area contributed by atoms with Gasteiger partial charge in [-0.3, -0.25) is 9.59 Å². The average Bonchev–Trinajstić information content (AvgIpc) is 2.60. The summed E-state index contributed by atoms with van der Waals surface area (Å²) in [6.45, 7) is -0.411. The van der Waals surface area contributed by atoms with Crippen molar-refractivity contribution in [3.05, 3.63) is 69.6 Å². The van der Waals surface area contributed by atoms with Crippen LogP contribution in [0.2, 0.25) is 0 Å². The Morgan fingerprint density at radius 3 is 2.88 bits per heavy atom. The number of carbonyl (C=O) groups is 2. The van der Waals surface area contributed by atoms with Crippen molar-refractivity contribution in [3.63, 3.8) is 0 Å². The lowest BCUT2D eigenvalue weighted by atomic mass is 9.88. The zero-order valence-electron chi connectivity index (χ0n) is 13.1. The predicted octanol–water partition coefficient (Wildman–Crippen LogP) is 1.73. The van der Waals surface area contributed by atoms with E-state index >= 15 is 0 Å². The number of esters is 1. The number of nitrogens with one attached hydrogen (secondary N) is 2. The molecule has 3 rings (SSSR count). The molecule has 1 heterocycles. The van der Waals surface area contributed by atoms with Crippen LogP contribution in [0, 0.1) is 0 Å². The van der Waals surface area contributed by atoms with Crippen molar-refractivity contribution in [3.8, 4) is 0 Å². The Balaban J connectivity index is 1.58. The molecule has 0 spiro atoms. The zero-order chi connectivity index (χ0) is 16.9. The first-order valence-corrected chi connectivity index (χ1v) is 7.87. The molecule has 2 N–H and O–H groups in total. The van der Waals surface area contributed by atoms with Gasteiger partial charge in [-0.15, -0.1) is 0 Å². The molecule has 6 nitrogen and oxygen atoms in total. The lowest BCUT2D eigenvalue weighted by molar-refractivity contribution is -0.125.